The minimum Gasteiger partial charge on any atom is -0.333 e. The molecule has 1 aromatic heterocycles. The quantitative estimate of drug-likeness (QED) is 0.275. The highest BCUT2D eigenvalue weighted by atomic mass is 35.5. The fourth-order valence-corrected chi connectivity index (χ4v) is 4.68. The molecule has 1 unspecified atom stereocenters. The number of benzene rings is 2. The number of unbranched alkanes of at least 4 members (excludes halogenated alkanes) is 3. The molecule has 1 heterocycles. The summed E-state index contributed by atoms with van der Waals surface area (Å²) in [6.07, 6.45) is 6.13. The van der Waals surface area contributed by atoms with Crippen molar-refractivity contribution >= 4 is 28.4 Å². The predicted octanol–water partition coefficient (Wildman–Crippen LogP) is 6.56. The van der Waals surface area contributed by atoms with Gasteiger partial charge in [-0.15, -0.1) is 0 Å². The molecular formula is C28H36ClN3O2. The fourth-order valence-electron chi connectivity index (χ4n) is 4.52. The van der Waals surface area contributed by atoms with Crippen molar-refractivity contribution in [3.63, 3.8) is 0 Å². The third kappa shape index (κ3) is 6.26. The van der Waals surface area contributed by atoms with Gasteiger partial charge < -0.3 is 4.90 Å². The first-order valence-electron chi connectivity index (χ1n) is 12.5. The second kappa shape index (κ2) is 12.7. The number of hydrogen-bond donors (Lipinski definition) is 0. The van der Waals surface area contributed by atoms with Gasteiger partial charge in [0.25, 0.3) is 5.56 Å². The molecule has 0 spiro atoms. The molecule has 0 N–H and O–H groups in total. The summed E-state index contributed by atoms with van der Waals surface area (Å²) in [6, 6.07) is 15.0. The molecule has 1 atom stereocenters. The lowest BCUT2D eigenvalue weighted by atomic mass is 10.1. The van der Waals surface area contributed by atoms with Crippen molar-refractivity contribution < 1.29 is 4.79 Å². The van der Waals surface area contributed by atoms with Crippen LogP contribution in [0.3, 0.4) is 0 Å². The number of fused-ring (bicyclic) bond motifs is 1. The van der Waals surface area contributed by atoms with Crippen LogP contribution in [0, 0.1) is 0 Å². The lowest BCUT2D eigenvalue weighted by molar-refractivity contribution is -0.134. The van der Waals surface area contributed by atoms with E-state index in [1.54, 1.807) is 22.8 Å². The molecule has 0 saturated heterocycles. The van der Waals surface area contributed by atoms with Gasteiger partial charge in [0.1, 0.15) is 5.82 Å². The van der Waals surface area contributed by atoms with Crippen LogP contribution < -0.4 is 5.56 Å². The highest BCUT2D eigenvalue weighted by Crippen LogP contribution is 2.26. The van der Waals surface area contributed by atoms with E-state index in [0.29, 0.717) is 54.1 Å². The third-order valence-electron chi connectivity index (χ3n) is 6.37. The zero-order valence-electron chi connectivity index (χ0n) is 20.6. The molecule has 0 aliphatic rings. The van der Waals surface area contributed by atoms with E-state index >= 15 is 0 Å². The highest BCUT2D eigenvalue weighted by Gasteiger charge is 2.27. The average molecular weight is 482 g/mol. The van der Waals surface area contributed by atoms with Crippen molar-refractivity contribution in [2.75, 3.05) is 6.54 Å². The molecule has 0 saturated carbocycles. The van der Waals surface area contributed by atoms with Crippen LogP contribution >= 0.6 is 11.6 Å². The van der Waals surface area contributed by atoms with Crippen LogP contribution in [0.4, 0.5) is 0 Å². The van der Waals surface area contributed by atoms with Gasteiger partial charge in [-0.3, -0.25) is 14.2 Å². The number of hydrogen-bond acceptors (Lipinski definition) is 3. The van der Waals surface area contributed by atoms with Crippen LogP contribution in [0.25, 0.3) is 10.9 Å². The van der Waals surface area contributed by atoms with E-state index in [4.69, 9.17) is 16.6 Å². The van der Waals surface area contributed by atoms with E-state index in [9.17, 15) is 9.59 Å². The molecule has 0 aliphatic carbocycles. The van der Waals surface area contributed by atoms with Crippen molar-refractivity contribution in [2.45, 2.75) is 78.3 Å². The Morgan fingerprint density at radius 1 is 1.06 bits per heavy atom. The molecule has 0 fully saturated rings. The summed E-state index contributed by atoms with van der Waals surface area (Å²) in [4.78, 5) is 33.7. The van der Waals surface area contributed by atoms with E-state index in [2.05, 4.69) is 26.0 Å². The number of carbonyl (C=O) groups excluding carboxylic acids is 1. The highest BCUT2D eigenvalue weighted by molar-refractivity contribution is 6.31. The van der Waals surface area contributed by atoms with E-state index in [1.807, 2.05) is 30.0 Å². The molecule has 3 rings (SSSR count). The van der Waals surface area contributed by atoms with Crippen LogP contribution in [-0.2, 0) is 17.8 Å². The number of nitrogens with zero attached hydrogens (tertiary/aromatic N) is 3. The van der Waals surface area contributed by atoms with Crippen molar-refractivity contribution in [1.29, 1.82) is 0 Å². The normalized spacial score (nSPS) is 12.1. The Bertz CT molecular complexity index is 1140. The molecule has 0 aliphatic heterocycles. The Morgan fingerprint density at radius 3 is 2.50 bits per heavy atom. The van der Waals surface area contributed by atoms with Crippen LogP contribution in [0.15, 0.2) is 53.3 Å². The van der Waals surface area contributed by atoms with Crippen LogP contribution in [0.5, 0.6) is 0 Å². The zero-order valence-corrected chi connectivity index (χ0v) is 21.4. The topological polar surface area (TPSA) is 55.2 Å². The summed E-state index contributed by atoms with van der Waals surface area (Å²) in [7, 11) is 0. The van der Waals surface area contributed by atoms with E-state index < -0.39 is 0 Å². The average Bonchev–Trinajstić information content (AvgIpc) is 2.85. The Kier molecular flexibility index (Phi) is 9.70. The summed E-state index contributed by atoms with van der Waals surface area (Å²) >= 11 is 6.21. The van der Waals surface area contributed by atoms with Gasteiger partial charge in [0.2, 0.25) is 5.91 Å². The number of carbonyl (C=O) groups is 1. The summed E-state index contributed by atoms with van der Waals surface area (Å²) in [5, 5.41) is 1.10. The molecule has 2 aromatic carbocycles. The van der Waals surface area contributed by atoms with Crippen molar-refractivity contribution in [1.82, 2.24) is 14.5 Å². The lowest BCUT2D eigenvalue weighted by Gasteiger charge is -2.32. The first-order valence-corrected chi connectivity index (χ1v) is 12.9. The smallest absolute Gasteiger partial charge is 0.261 e. The van der Waals surface area contributed by atoms with E-state index in [0.717, 1.165) is 31.2 Å². The van der Waals surface area contributed by atoms with Crippen LogP contribution in [0.2, 0.25) is 5.02 Å². The third-order valence-corrected chi connectivity index (χ3v) is 6.60. The first kappa shape index (κ1) is 26.0. The number of halogens is 1. The molecule has 34 heavy (non-hydrogen) atoms. The molecule has 5 nitrogen and oxygen atoms in total. The lowest BCUT2D eigenvalue weighted by Crippen LogP contribution is -2.39. The maximum atomic E-state index is 13.5. The number of rotatable bonds is 12. The van der Waals surface area contributed by atoms with Gasteiger partial charge in [-0.05, 0) is 49.9 Å². The van der Waals surface area contributed by atoms with Crippen molar-refractivity contribution in [3.8, 4) is 0 Å². The minimum absolute atomic E-state index is 0.0831. The number of amides is 1. The second-order valence-corrected chi connectivity index (χ2v) is 9.17. The van der Waals surface area contributed by atoms with Crippen molar-refractivity contribution in [3.05, 3.63) is 75.3 Å². The van der Waals surface area contributed by atoms with Gasteiger partial charge in [-0.1, -0.05) is 75.0 Å². The Labute approximate surface area is 207 Å². The molecular weight excluding hydrogens is 446 g/mol. The van der Waals surface area contributed by atoms with Crippen molar-refractivity contribution in [2.24, 2.45) is 0 Å². The van der Waals surface area contributed by atoms with Gasteiger partial charge in [-0.25, -0.2) is 4.98 Å². The zero-order chi connectivity index (χ0) is 24.5. The minimum atomic E-state index is -0.263. The fraction of sp³-hybridized carbons (Fsp3) is 0.464. The first-order chi connectivity index (χ1) is 16.5. The molecule has 3 aromatic rings. The predicted molar refractivity (Wildman–Crippen MR) is 140 cm³/mol. The Morgan fingerprint density at radius 2 is 1.82 bits per heavy atom. The van der Waals surface area contributed by atoms with Gasteiger partial charge in [0, 0.05) is 24.5 Å². The largest absolute Gasteiger partial charge is 0.333 e. The summed E-state index contributed by atoms with van der Waals surface area (Å²) in [5.74, 6) is 0.753. The standard InChI is InChI=1S/C28H36ClN3O2/c1-4-7-8-12-19-32(26(33)18-15-21-13-10-9-11-14-21)25(5-2)27-30-24-20-22(29)16-17-23(24)28(34)31(27)6-3/h9-11,13-14,16-17,20,25H,4-8,12,15,18-19H2,1-3H3. The molecule has 0 radical (unpaired) electrons. The molecule has 0 bridgehead atoms. The SMILES string of the molecule is CCCCCCN(C(=O)CCc1ccccc1)C(CC)c1nc2cc(Cl)ccc2c(=O)n1CC. The second-order valence-electron chi connectivity index (χ2n) is 8.74. The summed E-state index contributed by atoms with van der Waals surface area (Å²) < 4.78 is 1.72. The molecule has 1 amide bonds. The Balaban J connectivity index is 1.97. The van der Waals surface area contributed by atoms with Crippen LogP contribution in [-0.4, -0.2) is 26.9 Å². The number of aryl methyl sites for hydroxylation is 1. The monoisotopic (exact) mass is 481 g/mol. The van der Waals surface area contributed by atoms with Gasteiger partial charge >= 0.3 is 0 Å². The molecule has 6 heteroatoms. The number of aromatic nitrogens is 2. The van der Waals surface area contributed by atoms with E-state index in [1.165, 1.54) is 0 Å². The van der Waals surface area contributed by atoms with E-state index in [-0.39, 0.29) is 17.5 Å². The Hall–Kier alpha value is -2.66. The van der Waals surface area contributed by atoms with Gasteiger partial charge in [0.05, 0.1) is 16.9 Å². The van der Waals surface area contributed by atoms with Crippen LogP contribution in [0.1, 0.15) is 76.7 Å². The molecule has 182 valence electrons. The maximum Gasteiger partial charge on any atom is 0.261 e. The van der Waals surface area contributed by atoms with Gasteiger partial charge in [0.15, 0.2) is 0 Å². The summed E-state index contributed by atoms with van der Waals surface area (Å²) in [6.45, 7) is 7.35. The maximum absolute atomic E-state index is 13.5. The van der Waals surface area contributed by atoms with Gasteiger partial charge in [-0.2, -0.15) is 0 Å². The summed E-state index contributed by atoms with van der Waals surface area (Å²) in [5.41, 5.74) is 1.65.